The van der Waals surface area contributed by atoms with Crippen LogP contribution in [-0.2, 0) is 9.59 Å². The van der Waals surface area contributed by atoms with E-state index >= 15 is 0 Å². The molecule has 4 heteroatoms. The van der Waals surface area contributed by atoms with Gasteiger partial charge in [0.1, 0.15) is 5.78 Å². The van der Waals surface area contributed by atoms with Crippen molar-refractivity contribution in [3.8, 4) is 0 Å². The number of hydrogen-bond donors (Lipinski definition) is 1. The average Bonchev–Trinajstić information content (AvgIpc) is 2.03. The summed E-state index contributed by atoms with van der Waals surface area (Å²) in [7, 11) is 0. The molecule has 0 unspecified atom stereocenters. The van der Waals surface area contributed by atoms with Gasteiger partial charge in [-0.2, -0.15) is 0 Å². The molecule has 70 valence electrons. The Balaban J connectivity index is 2.67. The molecule has 0 aliphatic carbocycles. The summed E-state index contributed by atoms with van der Waals surface area (Å²) in [6.07, 6.45) is 5.74. The number of nitrogens with two attached hydrogens (primary N) is 1. The summed E-state index contributed by atoms with van der Waals surface area (Å²) >= 11 is 0. The number of nitrogens with zero attached hydrogens (tertiary/aromatic N) is 1. The Kier molecular flexibility index (Phi) is 2.84. The largest absolute Gasteiger partial charge is 0.366 e. The van der Waals surface area contributed by atoms with Crippen molar-refractivity contribution in [1.82, 2.24) is 4.90 Å². The van der Waals surface area contributed by atoms with Crippen LogP contribution in [-0.4, -0.2) is 23.1 Å². The number of primary amides is 1. The van der Waals surface area contributed by atoms with Gasteiger partial charge in [0, 0.05) is 18.0 Å². The molecule has 4 nitrogen and oxygen atoms in total. The van der Waals surface area contributed by atoms with Crippen LogP contribution in [0.5, 0.6) is 0 Å². The molecule has 1 rings (SSSR count). The van der Waals surface area contributed by atoms with Crippen molar-refractivity contribution in [1.29, 1.82) is 0 Å². The first-order valence-corrected chi connectivity index (χ1v) is 4.02. The summed E-state index contributed by atoms with van der Waals surface area (Å²) in [5.74, 6) is -0.385. The predicted molar refractivity (Wildman–Crippen MR) is 48.4 cm³/mol. The molecule has 1 aliphatic rings. The highest BCUT2D eigenvalue weighted by atomic mass is 16.1. The molecule has 2 N–H and O–H groups in total. The number of amides is 1. The summed E-state index contributed by atoms with van der Waals surface area (Å²) in [5, 5.41) is 0. The third kappa shape index (κ3) is 2.74. The first kappa shape index (κ1) is 9.51. The van der Waals surface area contributed by atoms with E-state index in [1.807, 2.05) is 6.08 Å². The van der Waals surface area contributed by atoms with E-state index in [2.05, 4.69) is 0 Å². The molecule has 13 heavy (non-hydrogen) atoms. The third-order valence-corrected chi connectivity index (χ3v) is 1.68. The molecule has 1 aliphatic heterocycles. The number of rotatable bonds is 3. The number of hydrogen-bond acceptors (Lipinski definition) is 3. The van der Waals surface area contributed by atoms with Crippen molar-refractivity contribution < 1.29 is 9.59 Å². The molecule has 0 aromatic carbocycles. The second-order valence-corrected chi connectivity index (χ2v) is 2.98. The van der Waals surface area contributed by atoms with Gasteiger partial charge in [0.2, 0.25) is 5.91 Å². The zero-order valence-corrected chi connectivity index (χ0v) is 7.49. The van der Waals surface area contributed by atoms with Crippen LogP contribution in [0.15, 0.2) is 24.0 Å². The maximum absolute atomic E-state index is 10.8. The van der Waals surface area contributed by atoms with Crippen LogP contribution in [0.25, 0.3) is 0 Å². The van der Waals surface area contributed by atoms with Gasteiger partial charge in [0.05, 0.1) is 6.54 Å². The quantitative estimate of drug-likeness (QED) is 0.673. The van der Waals surface area contributed by atoms with Crippen LogP contribution in [0.4, 0.5) is 0 Å². The first-order chi connectivity index (χ1) is 6.09. The average molecular weight is 180 g/mol. The Labute approximate surface area is 76.7 Å². The van der Waals surface area contributed by atoms with Crippen molar-refractivity contribution in [3.63, 3.8) is 0 Å². The highest BCUT2D eigenvalue weighted by molar-refractivity contribution is 5.92. The predicted octanol–water partition coefficient (Wildman–Crippen LogP) is 0.164. The summed E-state index contributed by atoms with van der Waals surface area (Å²) in [6, 6.07) is 0. The van der Waals surface area contributed by atoms with E-state index in [1.165, 1.54) is 6.92 Å². The number of Topliss-reactive ketones (excluding diaryl/α,β-unsaturated/α-hetero) is 1. The normalized spacial score (nSPS) is 15.5. The molecule has 0 saturated carbocycles. The minimum absolute atomic E-state index is 0.0478. The molecular weight excluding hydrogens is 168 g/mol. The SMILES string of the molecule is CC(=O)CN1C=CCC(C(N)=O)=C1. The second-order valence-electron chi connectivity index (χ2n) is 2.98. The lowest BCUT2D eigenvalue weighted by atomic mass is 10.1. The van der Waals surface area contributed by atoms with Gasteiger partial charge < -0.3 is 10.6 Å². The van der Waals surface area contributed by atoms with Crippen LogP contribution in [0.1, 0.15) is 13.3 Å². The monoisotopic (exact) mass is 180 g/mol. The van der Waals surface area contributed by atoms with Crippen molar-refractivity contribution in [2.45, 2.75) is 13.3 Å². The van der Waals surface area contributed by atoms with Gasteiger partial charge in [-0.15, -0.1) is 0 Å². The Hall–Kier alpha value is -1.58. The van der Waals surface area contributed by atoms with Crippen molar-refractivity contribution >= 4 is 11.7 Å². The van der Waals surface area contributed by atoms with Crippen LogP contribution in [0.2, 0.25) is 0 Å². The number of carbonyl (C=O) groups excluding carboxylic acids is 2. The Morgan fingerprint density at radius 2 is 2.31 bits per heavy atom. The maximum atomic E-state index is 10.8. The molecule has 0 saturated heterocycles. The van der Waals surface area contributed by atoms with Crippen molar-refractivity contribution in [2.24, 2.45) is 5.73 Å². The van der Waals surface area contributed by atoms with E-state index in [9.17, 15) is 9.59 Å². The molecule has 0 aromatic heterocycles. The fourth-order valence-electron chi connectivity index (χ4n) is 1.13. The molecule has 0 radical (unpaired) electrons. The van der Waals surface area contributed by atoms with Crippen LogP contribution in [0.3, 0.4) is 0 Å². The van der Waals surface area contributed by atoms with Gasteiger partial charge in [-0.1, -0.05) is 6.08 Å². The zero-order chi connectivity index (χ0) is 9.84. The highest BCUT2D eigenvalue weighted by Gasteiger charge is 2.10. The standard InChI is InChI=1S/C9H12N2O2/c1-7(12)5-11-4-2-3-8(6-11)9(10)13/h2,4,6H,3,5H2,1H3,(H2,10,13). The summed E-state index contributed by atoms with van der Waals surface area (Å²) in [4.78, 5) is 23.2. The lowest BCUT2D eigenvalue weighted by Gasteiger charge is -2.18. The van der Waals surface area contributed by atoms with Gasteiger partial charge in [-0.25, -0.2) is 0 Å². The molecule has 0 bridgehead atoms. The Bertz CT molecular complexity index is 292. The van der Waals surface area contributed by atoms with Gasteiger partial charge in [0.25, 0.3) is 0 Å². The summed E-state index contributed by atoms with van der Waals surface area (Å²) in [5.41, 5.74) is 5.64. The zero-order valence-electron chi connectivity index (χ0n) is 7.49. The van der Waals surface area contributed by atoms with E-state index in [-0.39, 0.29) is 12.3 Å². The molecule has 1 amide bonds. The minimum atomic E-state index is -0.432. The molecular formula is C9H12N2O2. The smallest absolute Gasteiger partial charge is 0.246 e. The summed E-state index contributed by atoms with van der Waals surface area (Å²) in [6.45, 7) is 1.79. The van der Waals surface area contributed by atoms with E-state index in [4.69, 9.17) is 5.73 Å². The topological polar surface area (TPSA) is 63.4 Å². The van der Waals surface area contributed by atoms with Gasteiger partial charge in [-0.3, -0.25) is 9.59 Å². The second kappa shape index (κ2) is 3.89. The number of ketones is 1. The molecule has 0 fully saturated rings. The Morgan fingerprint density at radius 3 is 2.85 bits per heavy atom. The molecule has 0 atom stereocenters. The van der Waals surface area contributed by atoms with Crippen LogP contribution >= 0.6 is 0 Å². The lowest BCUT2D eigenvalue weighted by molar-refractivity contribution is -0.117. The van der Waals surface area contributed by atoms with E-state index in [0.717, 1.165) is 0 Å². The van der Waals surface area contributed by atoms with Crippen LogP contribution in [0, 0.1) is 0 Å². The third-order valence-electron chi connectivity index (χ3n) is 1.68. The van der Waals surface area contributed by atoms with Gasteiger partial charge in [-0.05, 0) is 13.3 Å². The molecule has 0 aromatic rings. The molecule has 0 spiro atoms. The van der Waals surface area contributed by atoms with Gasteiger partial charge in [0.15, 0.2) is 0 Å². The number of carbonyl (C=O) groups is 2. The van der Waals surface area contributed by atoms with Crippen LogP contribution < -0.4 is 5.73 Å². The first-order valence-electron chi connectivity index (χ1n) is 4.02. The van der Waals surface area contributed by atoms with E-state index in [1.54, 1.807) is 17.3 Å². The molecule has 1 heterocycles. The van der Waals surface area contributed by atoms with E-state index in [0.29, 0.717) is 12.0 Å². The fourth-order valence-corrected chi connectivity index (χ4v) is 1.13. The minimum Gasteiger partial charge on any atom is -0.366 e. The highest BCUT2D eigenvalue weighted by Crippen LogP contribution is 2.10. The maximum Gasteiger partial charge on any atom is 0.246 e. The lowest BCUT2D eigenvalue weighted by Crippen LogP contribution is -2.24. The Morgan fingerprint density at radius 1 is 1.62 bits per heavy atom. The van der Waals surface area contributed by atoms with Crippen molar-refractivity contribution in [3.05, 3.63) is 24.0 Å². The summed E-state index contributed by atoms with van der Waals surface area (Å²) < 4.78 is 0. The van der Waals surface area contributed by atoms with E-state index < -0.39 is 5.91 Å². The number of allylic oxidation sites excluding steroid dienone is 1. The van der Waals surface area contributed by atoms with Gasteiger partial charge >= 0.3 is 0 Å². The van der Waals surface area contributed by atoms with Crippen molar-refractivity contribution in [2.75, 3.05) is 6.54 Å². The fraction of sp³-hybridized carbons (Fsp3) is 0.333.